The van der Waals surface area contributed by atoms with Gasteiger partial charge in [-0.2, -0.15) is 5.26 Å². The van der Waals surface area contributed by atoms with Crippen molar-refractivity contribution in [1.82, 2.24) is 0 Å². The normalized spacial score (nSPS) is 10.9. The molecule has 1 rings (SSSR count). The number of rotatable bonds is 4. The topological polar surface area (TPSA) is 79.2 Å². The van der Waals surface area contributed by atoms with Crippen LogP contribution in [0.25, 0.3) is 0 Å². The second-order valence-corrected chi connectivity index (χ2v) is 7.15. The third-order valence-electron chi connectivity index (χ3n) is 2.61. The van der Waals surface area contributed by atoms with Gasteiger partial charge in [-0.05, 0) is 31.2 Å². The molecule has 0 aromatic carbocycles. The third kappa shape index (κ3) is 4.22. The van der Waals surface area contributed by atoms with Crippen LogP contribution in [0.4, 0.5) is 5.00 Å². The number of anilines is 1. The number of esters is 1. The van der Waals surface area contributed by atoms with E-state index in [1.807, 2.05) is 5.40 Å². The molecule has 0 fully saturated rings. The average molecular weight is 326 g/mol. The molecule has 0 aliphatic carbocycles. The quantitative estimate of drug-likeness (QED) is 0.517. The van der Waals surface area contributed by atoms with Crippen LogP contribution in [0.5, 0.6) is 0 Å². The van der Waals surface area contributed by atoms with E-state index >= 15 is 0 Å². The van der Waals surface area contributed by atoms with E-state index in [4.69, 9.17) is 10.00 Å². The van der Waals surface area contributed by atoms with Gasteiger partial charge in [0, 0.05) is 5.41 Å². The third-order valence-corrected chi connectivity index (χ3v) is 4.73. The van der Waals surface area contributed by atoms with E-state index in [2.05, 4.69) is 5.32 Å². The number of nitrogens with zero attached hydrogens (tertiary/aromatic N) is 1. The Labute approximate surface area is 132 Å². The summed E-state index contributed by atoms with van der Waals surface area (Å²) in [4.78, 5) is 25.0. The van der Waals surface area contributed by atoms with Crippen LogP contribution in [0.1, 0.15) is 42.9 Å². The van der Waals surface area contributed by atoms with Gasteiger partial charge in [-0.25, -0.2) is 4.79 Å². The Morgan fingerprint density at radius 3 is 2.52 bits per heavy atom. The number of hydrogen-bond donors (Lipinski definition) is 1. The lowest BCUT2D eigenvalue weighted by atomic mass is 9.96. The first-order chi connectivity index (χ1) is 9.72. The summed E-state index contributed by atoms with van der Waals surface area (Å²) in [6.45, 7) is 9.15. The summed E-state index contributed by atoms with van der Waals surface area (Å²) >= 11 is 2.07. The molecule has 1 aromatic heterocycles. The van der Waals surface area contributed by atoms with E-state index in [0.717, 1.165) is 23.1 Å². The monoisotopic (exact) mass is 326 g/mol. The molecule has 0 saturated carbocycles. The molecule has 0 aliphatic rings. The van der Waals surface area contributed by atoms with Crippen LogP contribution >= 0.6 is 23.1 Å². The van der Waals surface area contributed by atoms with Crippen molar-refractivity contribution in [2.24, 2.45) is 5.41 Å². The number of nitriles is 1. The highest BCUT2D eigenvalue weighted by molar-refractivity contribution is 8.04. The van der Waals surface area contributed by atoms with E-state index in [-0.39, 0.29) is 12.5 Å². The van der Waals surface area contributed by atoms with Gasteiger partial charge in [0.2, 0.25) is 5.91 Å². The highest BCUT2D eigenvalue weighted by Crippen LogP contribution is 2.40. The molecular formula is C14H18N2O3S2. The predicted molar refractivity (Wildman–Crippen MR) is 84.6 cm³/mol. The first kappa shape index (κ1) is 17.5. The Morgan fingerprint density at radius 2 is 2.05 bits per heavy atom. The number of ether oxygens (including phenoxy) is 1. The molecule has 7 heteroatoms. The molecule has 5 nitrogen and oxygen atoms in total. The number of carbonyl (C=O) groups excluding carboxylic acids is 2. The van der Waals surface area contributed by atoms with E-state index in [9.17, 15) is 9.59 Å². The first-order valence-electron chi connectivity index (χ1n) is 6.40. The number of thioether (sulfide) groups is 1. The van der Waals surface area contributed by atoms with Gasteiger partial charge in [0.15, 0.2) is 0 Å². The van der Waals surface area contributed by atoms with Crippen molar-refractivity contribution in [3.63, 3.8) is 0 Å². The number of nitrogens with one attached hydrogen (secondary N) is 1. The van der Waals surface area contributed by atoms with Crippen LogP contribution in [0.15, 0.2) is 4.90 Å². The van der Waals surface area contributed by atoms with E-state index in [1.54, 1.807) is 34.6 Å². The molecule has 1 heterocycles. The maximum Gasteiger partial charge on any atom is 0.348 e. The molecule has 0 unspecified atom stereocenters. The molecule has 1 N–H and O–H groups in total. The molecule has 0 saturated heterocycles. The minimum atomic E-state index is -0.559. The zero-order valence-corrected chi connectivity index (χ0v) is 14.3. The number of thiocyanates is 1. The van der Waals surface area contributed by atoms with Crippen LogP contribution < -0.4 is 5.32 Å². The Bertz CT molecular complexity index is 595. The summed E-state index contributed by atoms with van der Waals surface area (Å²) in [5.74, 6) is -0.602. The lowest BCUT2D eigenvalue weighted by Crippen LogP contribution is -2.27. The van der Waals surface area contributed by atoms with Crippen LogP contribution in [0, 0.1) is 23.0 Å². The zero-order valence-electron chi connectivity index (χ0n) is 12.7. The lowest BCUT2D eigenvalue weighted by molar-refractivity contribution is -0.123. The van der Waals surface area contributed by atoms with Gasteiger partial charge in [-0.3, -0.25) is 4.79 Å². The summed E-state index contributed by atoms with van der Waals surface area (Å²) in [7, 11) is 0. The molecule has 114 valence electrons. The molecule has 0 atom stereocenters. The lowest BCUT2D eigenvalue weighted by Gasteiger charge is -2.17. The van der Waals surface area contributed by atoms with Crippen molar-refractivity contribution in [2.75, 3.05) is 11.9 Å². The predicted octanol–water partition coefficient (Wildman–Crippen LogP) is 3.79. The fourth-order valence-corrected chi connectivity index (χ4v) is 3.23. The number of carbonyl (C=O) groups is 2. The minimum Gasteiger partial charge on any atom is -0.462 e. The maximum atomic E-state index is 12.1. The van der Waals surface area contributed by atoms with E-state index < -0.39 is 11.4 Å². The van der Waals surface area contributed by atoms with Crippen molar-refractivity contribution in [3.8, 4) is 5.40 Å². The van der Waals surface area contributed by atoms with Crippen LogP contribution in [0.3, 0.4) is 0 Å². The second kappa shape index (κ2) is 6.96. The van der Waals surface area contributed by atoms with Crippen LogP contribution in [0.2, 0.25) is 0 Å². The fraction of sp³-hybridized carbons (Fsp3) is 0.500. The molecule has 1 aromatic rings. The SMILES string of the molecule is CCOC(=O)c1sc(NC(=O)C(C)(C)C)c(SC#N)c1C. The summed E-state index contributed by atoms with van der Waals surface area (Å²) in [5, 5.41) is 14.2. The first-order valence-corrected chi connectivity index (χ1v) is 8.03. The summed E-state index contributed by atoms with van der Waals surface area (Å²) in [5.41, 5.74) is 0.102. The van der Waals surface area contributed by atoms with Crippen molar-refractivity contribution in [1.29, 1.82) is 5.26 Å². The van der Waals surface area contributed by atoms with Gasteiger partial charge < -0.3 is 10.1 Å². The molecule has 21 heavy (non-hydrogen) atoms. The molecule has 1 amide bonds. The summed E-state index contributed by atoms with van der Waals surface area (Å²) in [6.07, 6.45) is 0. The van der Waals surface area contributed by atoms with Crippen LogP contribution in [-0.4, -0.2) is 18.5 Å². The Hall–Kier alpha value is -1.52. The van der Waals surface area contributed by atoms with Gasteiger partial charge in [0.25, 0.3) is 0 Å². The second-order valence-electron chi connectivity index (χ2n) is 5.33. The maximum absolute atomic E-state index is 12.1. The van der Waals surface area contributed by atoms with Crippen LogP contribution in [-0.2, 0) is 9.53 Å². The van der Waals surface area contributed by atoms with Crippen molar-refractivity contribution >= 4 is 40.0 Å². The molecule has 0 bridgehead atoms. The van der Waals surface area contributed by atoms with Gasteiger partial charge >= 0.3 is 5.97 Å². The fourth-order valence-electron chi connectivity index (χ4n) is 1.43. The largest absolute Gasteiger partial charge is 0.462 e. The Kier molecular flexibility index (Phi) is 5.81. The Morgan fingerprint density at radius 1 is 1.43 bits per heavy atom. The summed E-state index contributed by atoms with van der Waals surface area (Å²) in [6, 6.07) is 0. The molecular weight excluding hydrogens is 308 g/mol. The highest BCUT2D eigenvalue weighted by atomic mass is 32.2. The Balaban J connectivity index is 3.19. The highest BCUT2D eigenvalue weighted by Gasteiger charge is 2.26. The number of hydrogen-bond acceptors (Lipinski definition) is 6. The van der Waals surface area contributed by atoms with Crippen molar-refractivity contribution in [3.05, 3.63) is 10.4 Å². The van der Waals surface area contributed by atoms with Gasteiger partial charge in [0.05, 0.1) is 11.5 Å². The zero-order chi connectivity index (χ0) is 16.2. The number of thiophene rings is 1. The van der Waals surface area contributed by atoms with E-state index in [0.29, 0.717) is 20.3 Å². The minimum absolute atomic E-state index is 0.168. The molecule has 0 radical (unpaired) electrons. The molecule has 0 aliphatic heterocycles. The standard InChI is InChI=1S/C14H18N2O3S2/c1-6-19-12(17)10-8(2)9(20-7-15)11(21-10)16-13(18)14(3,4)5/h6H2,1-5H3,(H,16,18). The smallest absolute Gasteiger partial charge is 0.348 e. The van der Waals surface area contributed by atoms with Gasteiger partial charge in [-0.15, -0.1) is 11.3 Å². The molecule has 0 spiro atoms. The van der Waals surface area contributed by atoms with E-state index in [1.165, 1.54) is 0 Å². The van der Waals surface area contributed by atoms with Crippen molar-refractivity contribution < 1.29 is 14.3 Å². The number of amides is 1. The van der Waals surface area contributed by atoms with Crippen molar-refractivity contribution in [2.45, 2.75) is 39.5 Å². The van der Waals surface area contributed by atoms with Gasteiger partial charge in [0.1, 0.15) is 15.3 Å². The average Bonchev–Trinajstić information content (AvgIpc) is 2.67. The summed E-state index contributed by atoms with van der Waals surface area (Å²) < 4.78 is 4.99. The van der Waals surface area contributed by atoms with Gasteiger partial charge in [-0.1, -0.05) is 20.8 Å².